The number of carbonyl (C=O) groups is 1. The lowest BCUT2D eigenvalue weighted by molar-refractivity contribution is -0.115. The van der Waals surface area contributed by atoms with Crippen LogP contribution in [0.2, 0.25) is 0 Å². The minimum Gasteiger partial charge on any atom is -0.355 e. The number of aromatic nitrogens is 2. The number of nitrogens with zero attached hydrogens (tertiary/aromatic N) is 3. The highest BCUT2D eigenvalue weighted by Gasteiger charge is 2.36. The van der Waals surface area contributed by atoms with Crippen molar-refractivity contribution in [2.75, 3.05) is 34.8 Å². The molecule has 2 aromatic heterocycles. The molecule has 272 valence electrons. The third-order valence-electron chi connectivity index (χ3n) is 8.58. The van der Waals surface area contributed by atoms with Crippen LogP contribution < -0.4 is 15.5 Å². The fraction of sp³-hybridized carbons (Fsp3) is 0.310. The fourth-order valence-electron chi connectivity index (χ4n) is 6.59. The molecule has 3 aromatic carbocycles. The van der Waals surface area contributed by atoms with Crippen LogP contribution in [0.1, 0.15) is 47.1 Å². The van der Waals surface area contributed by atoms with Gasteiger partial charge in [-0.25, -0.2) is 17.8 Å². The van der Waals surface area contributed by atoms with Crippen LogP contribution in [0.3, 0.4) is 0 Å². The monoisotopic (exact) mass is 738 g/mol. The van der Waals surface area contributed by atoms with Crippen LogP contribution >= 0.6 is 7.92 Å². The summed E-state index contributed by atoms with van der Waals surface area (Å²) in [6.45, 7) is 15.1. The lowest BCUT2D eigenvalue weighted by Crippen LogP contribution is -2.40. The molecular weight excluding hydrogens is 691 g/mol. The number of nitrogens with one attached hydrogen (secondary N) is 1. The number of rotatable bonds is 7. The summed E-state index contributed by atoms with van der Waals surface area (Å²) < 4.78 is 36.4. The molecule has 1 aliphatic heterocycles. The number of pyridine rings is 2. The van der Waals surface area contributed by atoms with Gasteiger partial charge in [-0.05, 0) is 62.6 Å². The molecule has 7 nitrogen and oxygen atoms in total. The molecule has 10 heteroatoms. The van der Waals surface area contributed by atoms with Gasteiger partial charge in [0.25, 0.3) is 0 Å². The van der Waals surface area contributed by atoms with Gasteiger partial charge in [-0.15, -0.1) is 0 Å². The fourth-order valence-corrected chi connectivity index (χ4v) is 11.9. The van der Waals surface area contributed by atoms with E-state index in [2.05, 4.69) is 111 Å². The molecule has 0 bridgehead atoms. The molecule has 0 aliphatic carbocycles. The van der Waals surface area contributed by atoms with Crippen molar-refractivity contribution < 1.29 is 17.6 Å². The van der Waals surface area contributed by atoms with Crippen LogP contribution in [0.4, 0.5) is 15.9 Å². The van der Waals surface area contributed by atoms with Crippen molar-refractivity contribution in [2.24, 2.45) is 0 Å². The van der Waals surface area contributed by atoms with Crippen LogP contribution in [0.15, 0.2) is 116 Å². The van der Waals surface area contributed by atoms with E-state index in [4.69, 9.17) is 0 Å². The highest BCUT2D eigenvalue weighted by atomic mass is 32.2. The molecular formula is C42H48FN4O3PS. The lowest BCUT2D eigenvalue weighted by atomic mass is 10.1. The van der Waals surface area contributed by atoms with Gasteiger partial charge in [-0.2, -0.15) is 0 Å². The quantitative estimate of drug-likeness (QED) is 0.168. The molecule has 1 saturated heterocycles. The predicted octanol–water partition coefficient (Wildman–Crippen LogP) is 8.76. The van der Waals surface area contributed by atoms with Gasteiger partial charge in [0.15, 0.2) is 9.84 Å². The summed E-state index contributed by atoms with van der Waals surface area (Å²) in [5.74, 6) is 0.423. The Balaban J connectivity index is 0.000000217. The molecule has 0 spiro atoms. The second-order valence-electron chi connectivity index (χ2n) is 14.9. The van der Waals surface area contributed by atoms with E-state index in [0.29, 0.717) is 46.2 Å². The van der Waals surface area contributed by atoms with Crippen LogP contribution in [-0.2, 0) is 21.1 Å². The van der Waals surface area contributed by atoms with Gasteiger partial charge in [-0.3, -0.25) is 9.78 Å². The molecule has 0 radical (unpaired) electrons. The van der Waals surface area contributed by atoms with E-state index in [9.17, 15) is 17.6 Å². The number of anilines is 2. The molecule has 1 N–H and O–H groups in total. The van der Waals surface area contributed by atoms with Crippen LogP contribution in [-0.4, -0.2) is 59.2 Å². The SMILES string of the molecule is CC(C)(C)P(c1ccccc1-c1ccccc1)C(C)(C)C.O=C(Cc1ccc(N2CCS(=O)(=O)CC2)nc1)Nc1ccc(-c2cccc(F)c2)nc1. The Morgan fingerprint density at radius 2 is 1.42 bits per heavy atom. The Hall–Kier alpha value is -4.46. The maximum atomic E-state index is 13.4. The van der Waals surface area contributed by atoms with E-state index in [-0.39, 0.29) is 37.6 Å². The minimum absolute atomic E-state index is 0.130. The molecule has 5 aromatic rings. The van der Waals surface area contributed by atoms with E-state index < -0.39 is 9.84 Å². The summed E-state index contributed by atoms with van der Waals surface area (Å²) in [5, 5.41) is 4.89. The van der Waals surface area contributed by atoms with E-state index in [1.54, 1.807) is 36.5 Å². The third-order valence-corrected chi connectivity index (χ3v) is 13.7. The highest BCUT2D eigenvalue weighted by molar-refractivity contribution is 7.91. The number of carbonyl (C=O) groups excluding carboxylic acids is 1. The number of hydrogen-bond donors (Lipinski definition) is 1. The first-order valence-corrected chi connectivity index (χ1v) is 20.6. The zero-order valence-corrected chi connectivity index (χ0v) is 32.5. The van der Waals surface area contributed by atoms with Crippen molar-refractivity contribution in [1.29, 1.82) is 0 Å². The topological polar surface area (TPSA) is 92.3 Å². The summed E-state index contributed by atoms with van der Waals surface area (Å²) in [5.41, 5.74) is 5.29. The molecule has 0 unspecified atom stereocenters. The first-order chi connectivity index (χ1) is 24.6. The summed E-state index contributed by atoms with van der Waals surface area (Å²) in [6, 6.07) is 33.0. The van der Waals surface area contributed by atoms with E-state index in [1.807, 2.05) is 11.0 Å². The summed E-state index contributed by atoms with van der Waals surface area (Å²) in [7, 11) is -3.22. The molecule has 3 heterocycles. The largest absolute Gasteiger partial charge is 0.355 e. The smallest absolute Gasteiger partial charge is 0.228 e. The molecule has 1 fully saturated rings. The van der Waals surface area contributed by atoms with E-state index in [0.717, 1.165) is 5.56 Å². The van der Waals surface area contributed by atoms with E-state index in [1.165, 1.54) is 34.8 Å². The molecule has 1 aliphatic rings. The van der Waals surface area contributed by atoms with Gasteiger partial charge < -0.3 is 10.2 Å². The third kappa shape index (κ3) is 10.5. The normalized spacial score (nSPS) is 14.3. The standard InChI is InChI=1S/C22H21FN4O3S.C20H27P/c23-18-3-1-2-17(13-18)20-6-5-19(15-24-20)26-22(28)12-16-4-7-21(25-14-16)27-8-10-31(29,30)11-9-27;1-19(2,3)21(20(4,5)6)18-15-11-10-14-17(18)16-12-8-7-9-13-16/h1-7,13-15H,8-12H2,(H,26,28);7-15H,1-6H3. The number of benzene rings is 3. The van der Waals surface area contributed by atoms with Crippen LogP contribution in [0, 0.1) is 5.82 Å². The zero-order valence-electron chi connectivity index (χ0n) is 30.8. The van der Waals surface area contributed by atoms with E-state index >= 15 is 0 Å². The molecule has 0 atom stereocenters. The Bertz CT molecular complexity index is 2030. The number of hydrogen-bond acceptors (Lipinski definition) is 6. The van der Waals surface area contributed by atoms with Crippen molar-refractivity contribution in [3.05, 3.63) is 127 Å². The summed E-state index contributed by atoms with van der Waals surface area (Å²) in [6.07, 6.45) is 3.31. The Morgan fingerprint density at radius 1 is 0.769 bits per heavy atom. The maximum absolute atomic E-state index is 13.4. The number of halogens is 1. The molecule has 52 heavy (non-hydrogen) atoms. The Kier molecular flexibility index (Phi) is 12.3. The highest BCUT2D eigenvalue weighted by Crippen LogP contribution is 2.59. The van der Waals surface area contributed by atoms with Crippen molar-refractivity contribution in [1.82, 2.24) is 9.97 Å². The van der Waals surface area contributed by atoms with Crippen LogP contribution in [0.25, 0.3) is 22.4 Å². The van der Waals surface area contributed by atoms with Crippen molar-refractivity contribution in [2.45, 2.75) is 58.3 Å². The van der Waals surface area contributed by atoms with Gasteiger partial charge in [0.2, 0.25) is 5.91 Å². The second kappa shape index (κ2) is 16.5. The summed E-state index contributed by atoms with van der Waals surface area (Å²) in [4.78, 5) is 22.9. The molecule has 0 saturated carbocycles. The lowest BCUT2D eigenvalue weighted by Gasteiger charge is -2.42. The van der Waals surface area contributed by atoms with Gasteiger partial charge in [0, 0.05) is 24.8 Å². The first kappa shape index (κ1) is 38.8. The van der Waals surface area contributed by atoms with Crippen LogP contribution in [0.5, 0.6) is 0 Å². The van der Waals surface area contributed by atoms with Gasteiger partial charge in [0.1, 0.15) is 11.6 Å². The van der Waals surface area contributed by atoms with Gasteiger partial charge in [-0.1, -0.05) is 122 Å². The summed E-state index contributed by atoms with van der Waals surface area (Å²) >= 11 is 0. The predicted molar refractivity (Wildman–Crippen MR) is 215 cm³/mol. The first-order valence-electron chi connectivity index (χ1n) is 17.5. The molecule has 6 rings (SSSR count). The van der Waals surface area contributed by atoms with Crippen molar-refractivity contribution >= 4 is 40.5 Å². The van der Waals surface area contributed by atoms with Gasteiger partial charge >= 0.3 is 0 Å². The second-order valence-corrected chi connectivity index (χ2v) is 21.0. The van der Waals surface area contributed by atoms with Crippen molar-refractivity contribution in [3.63, 3.8) is 0 Å². The minimum atomic E-state index is -2.94. The Morgan fingerprint density at radius 3 is 2.02 bits per heavy atom. The maximum Gasteiger partial charge on any atom is 0.228 e. The number of amides is 1. The zero-order chi connectivity index (χ0) is 37.5. The average Bonchev–Trinajstić information content (AvgIpc) is 3.09. The Labute approximate surface area is 309 Å². The van der Waals surface area contributed by atoms with Gasteiger partial charge in [0.05, 0.1) is 35.5 Å². The number of sulfone groups is 1. The molecule has 1 amide bonds. The average molecular weight is 739 g/mol. The van der Waals surface area contributed by atoms with Crippen molar-refractivity contribution in [3.8, 4) is 22.4 Å².